The third-order valence-corrected chi connectivity index (χ3v) is 5.74. The lowest BCUT2D eigenvalue weighted by Gasteiger charge is -2.34. The largest absolute Gasteiger partial charge is 0.493 e. The highest BCUT2D eigenvalue weighted by Crippen LogP contribution is 2.35. The van der Waals surface area contributed by atoms with E-state index in [1.165, 1.54) is 11.1 Å². The molecule has 0 bridgehead atoms. The van der Waals surface area contributed by atoms with Gasteiger partial charge in [-0.2, -0.15) is 0 Å². The Bertz CT molecular complexity index is 741. The van der Waals surface area contributed by atoms with Crippen molar-refractivity contribution in [1.82, 2.24) is 15.3 Å². The Morgan fingerprint density at radius 1 is 1.11 bits per heavy atom. The smallest absolute Gasteiger partial charge is 0.225 e. The number of piperidine rings is 1. The van der Waals surface area contributed by atoms with Gasteiger partial charge in [-0.15, -0.1) is 0 Å². The average Bonchev–Trinajstić information content (AvgIpc) is 2.91. The van der Waals surface area contributed by atoms with Crippen molar-refractivity contribution in [3.05, 3.63) is 47.8 Å². The predicted molar refractivity (Wildman–Crippen MR) is 108 cm³/mol. The van der Waals surface area contributed by atoms with Crippen LogP contribution in [0.5, 0.6) is 5.75 Å². The first-order valence-electron chi connectivity index (χ1n) is 10.3. The number of hydrogen-bond acceptors (Lipinski definition) is 5. The predicted octanol–water partition coefficient (Wildman–Crippen LogP) is 4.07. The lowest BCUT2D eigenvalue weighted by molar-refractivity contribution is 0.312. The van der Waals surface area contributed by atoms with Crippen LogP contribution < -0.4 is 15.0 Å². The van der Waals surface area contributed by atoms with Gasteiger partial charge in [-0.25, -0.2) is 9.97 Å². The second-order valence-corrected chi connectivity index (χ2v) is 7.97. The summed E-state index contributed by atoms with van der Waals surface area (Å²) in [6.45, 7) is 7.33. The zero-order chi connectivity index (χ0) is 18.6. The molecule has 1 saturated heterocycles. The zero-order valence-corrected chi connectivity index (χ0v) is 16.4. The van der Waals surface area contributed by atoms with Crippen LogP contribution in [-0.4, -0.2) is 35.7 Å². The highest BCUT2D eigenvalue weighted by Gasteiger charge is 2.26. The van der Waals surface area contributed by atoms with Gasteiger partial charge in [0.2, 0.25) is 5.95 Å². The van der Waals surface area contributed by atoms with Gasteiger partial charge in [-0.05, 0) is 49.3 Å². The van der Waals surface area contributed by atoms with Crippen molar-refractivity contribution >= 4 is 5.95 Å². The number of nitrogens with one attached hydrogen (secondary N) is 1. The van der Waals surface area contributed by atoms with Gasteiger partial charge in [-0.1, -0.05) is 26.0 Å². The molecule has 3 heterocycles. The Hall–Kier alpha value is -2.14. The summed E-state index contributed by atoms with van der Waals surface area (Å²) in [6.07, 6.45) is 8.11. The average molecular weight is 367 g/mol. The van der Waals surface area contributed by atoms with E-state index in [2.05, 4.69) is 52.2 Å². The molecule has 1 aromatic carbocycles. The van der Waals surface area contributed by atoms with Gasteiger partial charge in [0.05, 0.1) is 6.61 Å². The fourth-order valence-corrected chi connectivity index (χ4v) is 4.11. The third kappa shape index (κ3) is 4.24. The van der Waals surface area contributed by atoms with Crippen molar-refractivity contribution in [2.24, 2.45) is 0 Å². The first-order valence-corrected chi connectivity index (χ1v) is 10.3. The van der Waals surface area contributed by atoms with E-state index in [1.54, 1.807) is 0 Å². The number of hydrogen-bond donors (Lipinski definition) is 1. The van der Waals surface area contributed by atoms with Gasteiger partial charge < -0.3 is 15.0 Å². The number of aromatic nitrogens is 2. The van der Waals surface area contributed by atoms with Gasteiger partial charge in [0.15, 0.2) is 0 Å². The molecule has 2 aliphatic rings. The molecule has 0 saturated carbocycles. The topological polar surface area (TPSA) is 50.3 Å². The van der Waals surface area contributed by atoms with E-state index >= 15 is 0 Å². The van der Waals surface area contributed by atoms with Crippen LogP contribution in [0.15, 0.2) is 36.7 Å². The number of fused-ring (bicyclic) bond motifs is 1. The maximum Gasteiger partial charge on any atom is 0.225 e. The molecule has 0 amide bonds. The minimum Gasteiger partial charge on any atom is -0.493 e. The van der Waals surface area contributed by atoms with E-state index in [0.717, 1.165) is 57.1 Å². The molecule has 1 unspecified atom stereocenters. The minimum atomic E-state index is 0.380. The van der Waals surface area contributed by atoms with Crippen molar-refractivity contribution in [2.75, 3.05) is 24.6 Å². The lowest BCUT2D eigenvalue weighted by atomic mass is 9.94. The molecule has 2 aliphatic heterocycles. The number of benzene rings is 1. The van der Waals surface area contributed by atoms with E-state index in [9.17, 15) is 0 Å². The van der Waals surface area contributed by atoms with Crippen LogP contribution in [-0.2, 0) is 0 Å². The standard InChI is InChI=1S/C22H30N4O/c1-16(2)17-6-7-21-19(15-17)20(5-3-14-27-21)25-18-8-12-26(13-9-18)22-23-10-4-11-24-22/h4,6-7,10-11,15-16,18,20,25H,3,5,8-9,12-14H2,1-2H3. The van der Waals surface area contributed by atoms with Crippen LogP contribution in [0.4, 0.5) is 5.95 Å². The first kappa shape index (κ1) is 18.2. The van der Waals surface area contributed by atoms with Gasteiger partial charge in [-0.3, -0.25) is 0 Å². The summed E-state index contributed by atoms with van der Waals surface area (Å²) in [5.74, 6) is 2.45. The number of anilines is 1. The molecule has 1 N–H and O–H groups in total. The Labute approximate surface area is 162 Å². The summed E-state index contributed by atoms with van der Waals surface area (Å²) >= 11 is 0. The fourth-order valence-electron chi connectivity index (χ4n) is 4.11. The summed E-state index contributed by atoms with van der Waals surface area (Å²) in [4.78, 5) is 11.1. The monoisotopic (exact) mass is 366 g/mol. The van der Waals surface area contributed by atoms with Gasteiger partial charge in [0.25, 0.3) is 0 Å². The summed E-state index contributed by atoms with van der Waals surface area (Å²) in [7, 11) is 0. The Morgan fingerprint density at radius 2 is 1.89 bits per heavy atom. The second-order valence-electron chi connectivity index (χ2n) is 7.97. The molecule has 4 rings (SSSR count). The fraction of sp³-hybridized carbons (Fsp3) is 0.545. The van der Waals surface area contributed by atoms with Crippen LogP contribution >= 0.6 is 0 Å². The molecule has 27 heavy (non-hydrogen) atoms. The molecule has 0 aliphatic carbocycles. The quantitative estimate of drug-likeness (QED) is 0.884. The summed E-state index contributed by atoms with van der Waals surface area (Å²) in [6, 6.07) is 9.52. The second kappa shape index (κ2) is 8.26. The van der Waals surface area contributed by atoms with Crippen molar-refractivity contribution in [2.45, 2.75) is 57.5 Å². The van der Waals surface area contributed by atoms with Crippen LogP contribution in [0.2, 0.25) is 0 Å². The van der Waals surface area contributed by atoms with Gasteiger partial charge in [0, 0.05) is 43.1 Å². The first-order chi connectivity index (χ1) is 13.2. The van der Waals surface area contributed by atoms with Gasteiger partial charge in [0.1, 0.15) is 5.75 Å². The molecule has 0 radical (unpaired) electrons. The molecule has 0 spiro atoms. The molecule has 1 fully saturated rings. The third-order valence-electron chi connectivity index (χ3n) is 5.74. The molecule has 1 aromatic heterocycles. The zero-order valence-electron chi connectivity index (χ0n) is 16.4. The molecule has 1 atom stereocenters. The molecule has 144 valence electrons. The van der Waals surface area contributed by atoms with Crippen molar-refractivity contribution < 1.29 is 4.74 Å². The summed E-state index contributed by atoms with van der Waals surface area (Å²) < 4.78 is 6.01. The summed E-state index contributed by atoms with van der Waals surface area (Å²) in [5.41, 5.74) is 2.73. The van der Waals surface area contributed by atoms with E-state index in [4.69, 9.17) is 4.74 Å². The maximum absolute atomic E-state index is 6.01. The minimum absolute atomic E-state index is 0.380. The van der Waals surface area contributed by atoms with E-state index in [-0.39, 0.29) is 0 Å². The van der Waals surface area contributed by atoms with E-state index in [1.807, 2.05) is 18.5 Å². The number of rotatable bonds is 4. The normalized spacial score (nSPS) is 20.9. The molecular formula is C22H30N4O. The SMILES string of the molecule is CC(C)c1ccc2c(c1)C(NC1CCN(c3ncccn3)CC1)CCCO2. The number of nitrogens with zero attached hydrogens (tertiary/aromatic N) is 3. The van der Waals surface area contributed by atoms with E-state index in [0.29, 0.717) is 18.0 Å². The molecule has 5 heteroatoms. The van der Waals surface area contributed by atoms with Crippen molar-refractivity contribution in [3.8, 4) is 5.75 Å². The molecular weight excluding hydrogens is 336 g/mol. The highest BCUT2D eigenvalue weighted by atomic mass is 16.5. The Morgan fingerprint density at radius 3 is 2.63 bits per heavy atom. The van der Waals surface area contributed by atoms with E-state index < -0.39 is 0 Å². The van der Waals surface area contributed by atoms with Crippen molar-refractivity contribution in [1.29, 1.82) is 0 Å². The summed E-state index contributed by atoms with van der Waals surface area (Å²) in [5, 5.41) is 3.94. The van der Waals surface area contributed by atoms with Crippen LogP contribution in [0.3, 0.4) is 0 Å². The maximum atomic E-state index is 6.01. The van der Waals surface area contributed by atoms with Crippen LogP contribution in [0.25, 0.3) is 0 Å². The molecule has 5 nitrogen and oxygen atoms in total. The Balaban J connectivity index is 1.43. The van der Waals surface area contributed by atoms with Gasteiger partial charge >= 0.3 is 0 Å². The van der Waals surface area contributed by atoms with Crippen LogP contribution in [0, 0.1) is 0 Å². The lowest BCUT2D eigenvalue weighted by Crippen LogP contribution is -2.44. The Kier molecular flexibility index (Phi) is 5.58. The van der Waals surface area contributed by atoms with Crippen LogP contribution in [0.1, 0.15) is 62.6 Å². The number of ether oxygens (including phenoxy) is 1. The van der Waals surface area contributed by atoms with Crippen molar-refractivity contribution in [3.63, 3.8) is 0 Å². The highest BCUT2D eigenvalue weighted by molar-refractivity contribution is 5.41. The molecule has 2 aromatic rings.